The maximum Gasteiger partial charge on any atom is 0.184 e. The number of imidazole rings is 1. The van der Waals surface area contributed by atoms with Crippen LogP contribution in [0, 0.1) is 4.77 Å². The first-order valence-electron chi connectivity index (χ1n) is 5.91. The van der Waals surface area contributed by atoms with Gasteiger partial charge in [0.05, 0.1) is 11.4 Å². The van der Waals surface area contributed by atoms with E-state index < -0.39 is 0 Å². The van der Waals surface area contributed by atoms with Crippen LogP contribution in [0.1, 0.15) is 19.0 Å². The first-order chi connectivity index (χ1) is 8.72. The number of thiophene rings is 1. The Bertz CT molecular complexity index is 730. The summed E-state index contributed by atoms with van der Waals surface area (Å²) in [6.45, 7) is 2.16. The Labute approximate surface area is 114 Å². The second kappa shape index (κ2) is 4.37. The van der Waals surface area contributed by atoms with E-state index >= 15 is 0 Å². The minimum absolute atomic E-state index is 0.730. The fourth-order valence-electron chi connectivity index (χ4n) is 2.25. The number of rotatable bonds is 3. The number of nitrogens with one attached hydrogen (secondary N) is 1. The Hall–Kier alpha value is -1.40. The molecule has 1 N–H and O–H groups in total. The molecule has 6 heteroatoms. The van der Waals surface area contributed by atoms with Crippen LogP contribution in [-0.4, -0.2) is 19.3 Å². The van der Waals surface area contributed by atoms with Crippen LogP contribution in [0.25, 0.3) is 16.9 Å². The molecule has 3 aromatic rings. The predicted octanol–water partition coefficient (Wildman–Crippen LogP) is 3.44. The summed E-state index contributed by atoms with van der Waals surface area (Å²) in [7, 11) is 1.97. The van der Waals surface area contributed by atoms with E-state index in [4.69, 9.17) is 12.2 Å². The number of nitrogens with zero attached hydrogens (tertiary/aromatic N) is 3. The Morgan fingerprint density at radius 2 is 2.33 bits per heavy atom. The highest BCUT2D eigenvalue weighted by molar-refractivity contribution is 7.71. The lowest BCUT2D eigenvalue weighted by molar-refractivity contribution is 0.735. The largest absolute Gasteiger partial charge is 0.327 e. The van der Waals surface area contributed by atoms with Crippen LogP contribution in [-0.2, 0) is 13.5 Å². The summed E-state index contributed by atoms with van der Waals surface area (Å²) in [4.78, 5) is 3.29. The molecule has 0 aromatic carbocycles. The standard InChI is InChI=1S/C12H14N4S2/c1-3-4-9-10-11(15(2)14-9)16(12(17)13-10)8-5-6-18-7-8/h5-7H,3-4H2,1-2H3,(H,13,17). The van der Waals surface area contributed by atoms with Crippen molar-refractivity contribution in [2.24, 2.45) is 7.05 Å². The van der Waals surface area contributed by atoms with E-state index in [0.29, 0.717) is 0 Å². The van der Waals surface area contributed by atoms with Crippen molar-refractivity contribution in [1.82, 2.24) is 19.3 Å². The summed E-state index contributed by atoms with van der Waals surface area (Å²) >= 11 is 7.10. The number of aromatic nitrogens is 4. The summed E-state index contributed by atoms with van der Waals surface area (Å²) in [5.41, 5.74) is 4.30. The molecular weight excluding hydrogens is 264 g/mol. The van der Waals surface area contributed by atoms with Crippen molar-refractivity contribution >= 4 is 34.7 Å². The van der Waals surface area contributed by atoms with Crippen LogP contribution in [0.2, 0.25) is 0 Å². The van der Waals surface area contributed by atoms with Gasteiger partial charge in [0.2, 0.25) is 0 Å². The van der Waals surface area contributed by atoms with E-state index in [-0.39, 0.29) is 0 Å². The van der Waals surface area contributed by atoms with Gasteiger partial charge in [0.25, 0.3) is 0 Å². The smallest absolute Gasteiger partial charge is 0.184 e. The Morgan fingerprint density at radius 3 is 3.00 bits per heavy atom. The maximum atomic E-state index is 5.43. The molecule has 0 saturated heterocycles. The summed E-state index contributed by atoms with van der Waals surface area (Å²) in [5.74, 6) is 0. The zero-order valence-electron chi connectivity index (χ0n) is 10.3. The molecule has 0 radical (unpaired) electrons. The van der Waals surface area contributed by atoms with Gasteiger partial charge in [-0.15, -0.1) is 0 Å². The van der Waals surface area contributed by atoms with Crippen LogP contribution in [0.15, 0.2) is 16.8 Å². The SMILES string of the molecule is CCCc1nn(C)c2c1[nH]c(=S)n2-c1ccsc1. The molecule has 4 nitrogen and oxygen atoms in total. The molecular formula is C12H14N4S2. The van der Waals surface area contributed by atoms with Crippen LogP contribution in [0.4, 0.5) is 0 Å². The van der Waals surface area contributed by atoms with Crippen LogP contribution < -0.4 is 0 Å². The second-order valence-corrected chi connectivity index (χ2v) is 5.43. The molecule has 0 aliphatic carbocycles. The van der Waals surface area contributed by atoms with E-state index in [1.165, 1.54) is 0 Å². The van der Waals surface area contributed by atoms with E-state index in [9.17, 15) is 0 Å². The van der Waals surface area contributed by atoms with Gasteiger partial charge in [0, 0.05) is 12.4 Å². The third-order valence-electron chi connectivity index (χ3n) is 2.99. The van der Waals surface area contributed by atoms with Gasteiger partial charge in [-0.1, -0.05) is 13.3 Å². The second-order valence-electron chi connectivity index (χ2n) is 4.27. The van der Waals surface area contributed by atoms with Crippen molar-refractivity contribution in [3.05, 3.63) is 27.3 Å². The zero-order chi connectivity index (χ0) is 12.7. The summed E-state index contributed by atoms with van der Waals surface area (Å²) in [6, 6.07) is 2.07. The average Bonchev–Trinajstić information content (AvgIpc) is 2.99. The van der Waals surface area contributed by atoms with Gasteiger partial charge in [0.1, 0.15) is 5.52 Å². The minimum atomic E-state index is 0.730. The highest BCUT2D eigenvalue weighted by Gasteiger charge is 2.15. The normalized spacial score (nSPS) is 11.4. The first kappa shape index (κ1) is 11.7. The molecule has 0 bridgehead atoms. The number of aromatic amines is 1. The zero-order valence-corrected chi connectivity index (χ0v) is 11.9. The van der Waals surface area contributed by atoms with E-state index in [1.54, 1.807) is 11.3 Å². The molecule has 0 atom stereocenters. The van der Waals surface area contributed by atoms with Gasteiger partial charge < -0.3 is 4.98 Å². The fourth-order valence-corrected chi connectivity index (χ4v) is 3.16. The average molecular weight is 278 g/mol. The van der Waals surface area contributed by atoms with Crippen molar-refractivity contribution < 1.29 is 0 Å². The highest BCUT2D eigenvalue weighted by Crippen LogP contribution is 2.23. The number of hydrogen-bond acceptors (Lipinski definition) is 3. The van der Waals surface area contributed by atoms with Crippen LogP contribution >= 0.6 is 23.6 Å². The van der Waals surface area contributed by atoms with Gasteiger partial charge in [-0.05, 0) is 30.1 Å². The first-order valence-corrected chi connectivity index (χ1v) is 7.26. The summed E-state index contributed by atoms with van der Waals surface area (Å²) < 4.78 is 4.69. The monoisotopic (exact) mass is 278 g/mol. The third kappa shape index (κ3) is 1.64. The molecule has 3 rings (SSSR count). The third-order valence-corrected chi connectivity index (χ3v) is 3.94. The summed E-state index contributed by atoms with van der Waals surface area (Å²) in [6.07, 6.45) is 2.05. The van der Waals surface area contributed by atoms with Crippen molar-refractivity contribution in [2.45, 2.75) is 19.8 Å². The molecule has 3 aromatic heterocycles. The summed E-state index contributed by atoms with van der Waals surface area (Å²) in [5, 5.41) is 8.72. The predicted molar refractivity (Wildman–Crippen MR) is 77.1 cm³/mol. The number of H-pyrrole nitrogens is 1. The molecule has 0 unspecified atom stereocenters. The quantitative estimate of drug-likeness (QED) is 0.745. The molecule has 0 aliphatic heterocycles. The topological polar surface area (TPSA) is 38.5 Å². The molecule has 0 amide bonds. The Kier molecular flexibility index (Phi) is 2.83. The van der Waals surface area contributed by atoms with Crippen molar-refractivity contribution in [3.8, 4) is 5.69 Å². The lowest BCUT2D eigenvalue weighted by atomic mass is 10.2. The lowest BCUT2D eigenvalue weighted by Crippen LogP contribution is -1.99. The van der Waals surface area contributed by atoms with Crippen LogP contribution in [0.5, 0.6) is 0 Å². The molecule has 3 heterocycles. The van der Waals surface area contributed by atoms with E-state index in [1.807, 2.05) is 16.3 Å². The molecule has 0 aliphatic rings. The van der Waals surface area contributed by atoms with Crippen molar-refractivity contribution in [3.63, 3.8) is 0 Å². The Morgan fingerprint density at radius 1 is 1.50 bits per heavy atom. The van der Waals surface area contributed by atoms with Gasteiger partial charge in [-0.25, -0.2) is 4.68 Å². The molecule has 94 valence electrons. The number of aryl methyl sites for hydroxylation is 2. The fraction of sp³-hybridized carbons (Fsp3) is 0.333. The molecule has 18 heavy (non-hydrogen) atoms. The van der Waals surface area contributed by atoms with Gasteiger partial charge in [-0.3, -0.25) is 4.57 Å². The minimum Gasteiger partial charge on any atom is -0.327 e. The van der Waals surface area contributed by atoms with Crippen molar-refractivity contribution in [2.75, 3.05) is 0 Å². The van der Waals surface area contributed by atoms with Gasteiger partial charge in [-0.2, -0.15) is 16.4 Å². The molecule has 0 saturated carbocycles. The molecule has 0 spiro atoms. The maximum absolute atomic E-state index is 5.43. The van der Waals surface area contributed by atoms with Gasteiger partial charge >= 0.3 is 0 Å². The van der Waals surface area contributed by atoms with E-state index in [2.05, 4.69) is 33.8 Å². The number of hydrogen-bond donors (Lipinski definition) is 1. The molecule has 0 fully saturated rings. The Balaban J connectivity index is 2.33. The number of fused-ring (bicyclic) bond motifs is 1. The highest BCUT2D eigenvalue weighted by atomic mass is 32.1. The lowest BCUT2D eigenvalue weighted by Gasteiger charge is -2.00. The van der Waals surface area contributed by atoms with E-state index in [0.717, 1.165) is 40.2 Å². The van der Waals surface area contributed by atoms with Gasteiger partial charge in [0.15, 0.2) is 10.4 Å². The van der Waals surface area contributed by atoms with Crippen LogP contribution in [0.3, 0.4) is 0 Å². The van der Waals surface area contributed by atoms with Crippen molar-refractivity contribution in [1.29, 1.82) is 0 Å².